The minimum atomic E-state index is -1.66. The lowest BCUT2D eigenvalue weighted by molar-refractivity contribution is 0.189. The summed E-state index contributed by atoms with van der Waals surface area (Å²) in [6.45, 7) is 1.49. The molecule has 1 atom stereocenters. The van der Waals surface area contributed by atoms with Gasteiger partial charge in [0.05, 0.1) is 13.2 Å². The molecule has 0 radical (unpaired) electrons. The second-order valence-electron chi connectivity index (χ2n) is 2.05. The first-order valence-electron chi connectivity index (χ1n) is 3.15. The van der Waals surface area contributed by atoms with Crippen molar-refractivity contribution in [1.29, 1.82) is 0 Å². The molecule has 0 aromatic rings. The monoisotopic (exact) mass is 196 g/mol. The topological polar surface area (TPSA) is 40.2 Å². The highest BCUT2D eigenvalue weighted by Gasteiger charge is 2.24. The highest BCUT2D eigenvalue weighted by molar-refractivity contribution is 6.46. The van der Waals surface area contributed by atoms with Gasteiger partial charge in [-0.05, 0) is 0 Å². The summed E-state index contributed by atoms with van der Waals surface area (Å²) in [4.78, 5) is 0. The van der Waals surface area contributed by atoms with Crippen LogP contribution in [0.5, 0.6) is 0 Å². The van der Waals surface area contributed by atoms with Crippen LogP contribution < -0.4 is 0 Å². The molecule has 1 unspecified atom stereocenters. The van der Waals surface area contributed by atoms with Crippen molar-refractivity contribution < 1.29 is 17.4 Å². The van der Waals surface area contributed by atoms with Gasteiger partial charge in [0.2, 0.25) is 0 Å². The van der Waals surface area contributed by atoms with E-state index >= 15 is 0 Å². The van der Waals surface area contributed by atoms with Crippen LogP contribution in [0, 0.1) is 0 Å². The quantitative estimate of drug-likeness (QED) is 0.341. The molecule has 0 bridgehead atoms. The second-order valence-corrected chi connectivity index (χ2v) is 6.73. The molecule has 0 spiro atoms. The van der Waals surface area contributed by atoms with Gasteiger partial charge in [0.1, 0.15) is 27.1 Å². The van der Waals surface area contributed by atoms with Gasteiger partial charge in [0.15, 0.2) is 0 Å². The van der Waals surface area contributed by atoms with E-state index in [9.17, 15) is 0 Å². The Bertz CT molecular complexity index is 93.7. The van der Waals surface area contributed by atoms with Crippen molar-refractivity contribution in [3.05, 3.63) is 0 Å². The van der Waals surface area contributed by atoms with Crippen molar-refractivity contribution in [1.82, 2.24) is 0 Å². The molecule has 1 rings (SSSR count). The fourth-order valence-corrected chi connectivity index (χ4v) is 4.54. The van der Waals surface area contributed by atoms with Crippen molar-refractivity contribution >= 4 is 30.5 Å². The van der Waals surface area contributed by atoms with Gasteiger partial charge in [-0.2, -0.15) is 0 Å². The normalized spacial score (nSPS) is 27.0. The zero-order valence-corrected chi connectivity index (χ0v) is 11.4. The van der Waals surface area contributed by atoms with Crippen molar-refractivity contribution in [2.24, 2.45) is 0 Å². The minimum Gasteiger partial charge on any atom is -0.427 e. The van der Waals surface area contributed by atoms with E-state index in [1.807, 2.05) is 0 Å². The SMILES string of the molecule is [SiH3]O[SiH](O[SiH3])OCC1CO1. The molecule has 0 aromatic heterocycles. The summed E-state index contributed by atoms with van der Waals surface area (Å²) in [5.74, 6) is 0. The summed E-state index contributed by atoms with van der Waals surface area (Å²) in [5, 5.41) is 0. The van der Waals surface area contributed by atoms with Crippen LogP contribution in [-0.2, 0) is 17.4 Å². The molecule has 0 saturated carbocycles. The summed E-state index contributed by atoms with van der Waals surface area (Å²) in [5.41, 5.74) is 0. The first kappa shape index (κ1) is 8.59. The van der Waals surface area contributed by atoms with Crippen LogP contribution in [0.1, 0.15) is 0 Å². The van der Waals surface area contributed by atoms with E-state index in [0.717, 1.165) is 6.61 Å². The molecular formula is C3H12O4Si3. The van der Waals surface area contributed by atoms with Gasteiger partial charge in [-0.3, -0.25) is 0 Å². The van der Waals surface area contributed by atoms with E-state index in [1.165, 1.54) is 0 Å². The third kappa shape index (κ3) is 3.05. The fourth-order valence-electron chi connectivity index (χ4n) is 0.582. The number of hydrogen-bond acceptors (Lipinski definition) is 4. The van der Waals surface area contributed by atoms with E-state index in [0.29, 0.717) is 33.7 Å². The van der Waals surface area contributed by atoms with E-state index < -0.39 is 9.53 Å². The third-order valence-corrected chi connectivity index (χ3v) is 4.75. The molecule has 0 aromatic carbocycles. The van der Waals surface area contributed by atoms with Crippen molar-refractivity contribution in [3.8, 4) is 0 Å². The van der Waals surface area contributed by atoms with Gasteiger partial charge >= 0.3 is 9.53 Å². The summed E-state index contributed by atoms with van der Waals surface area (Å²) >= 11 is 0. The minimum absolute atomic E-state index is 0.323. The van der Waals surface area contributed by atoms with Gasteiger partial charge in [-0.1, -0.05) is 0 Å². The maximum absolute atomic E-state index is 5.30. The first-order valence-corrected chi connectivity index (χ1v) is 6.20. The van der Waals surface area contributed by atoms with Crippen LogP contribution in [0.2, 0.25) is 0 Å². The lowest BCUT2D eigenvalue weighted by Crippen LogP contribution is -2.26. The Balaban J connectivity index is 1.97. The highest BCUT2D eigenvalue weighted by Crippen LogP contribution is 2.08. The van der Waals surface area contributed by atoms with Crippen LogP contribution >= 0.6 is 0 Å². The van der Waals surface area contributed by atoms with E-state index in [1.54, 1.807) is 0 Å². The van der Waals surface area contributed by atoms with Gasteiger partial charge in [0, 0.05) is 0 Å². The van der Waals surface area contributed by atoms with Gasteiger partial charge in [-0.25, -0.2) is 0 Å². The van der Waals surface area contributed by atoms with Gasteiger partial charge < -0.3 is 17.4 Å². The van der Waals surface area contributed by atoms with Crippen molar-refractivity contribution in [2.75, 3.05) is 13.2 Å². The molecule has 1 aliphatic heterocycles. The Hall–Kier alpha value is 0.491. The molecule has 1 heterocycles. The zero-order valence-electron chi connectivity index (χ0n) is 6.20. The second kappa shape index (κ2) is 4.39. The largest absolute Gasteiger partial charge is 0.462 e. The summed E-state index contributed by atoms with van der Waals surface area (Å²) in [6, 6.07) is 0. The Kier molecular flexibility index (Phi) is 3.77. The lowest BCUT2D eigenvalue weighted by atomic mass is 10.5. The zero-order chi connectivity index (χ0) is 7.40. The van der Waals surface area contributed by atoms with Crippen LogP contribution in [0.25, 0.3) is 0 Å². The molecule has 0 N–H and O–H groups in total. The van der Waals surface area contributed by atoms with E-state index in [4.69, 9.17) is 17.4 Å². The smallest absolute Gasteiger partial charge is 0.427 e. The third-order valence-electron chi connectivity index (χ3n) is 1.21. The number of ether oxygens (including phenoxy) is 1. The van der Waals surface area contributed by atoms with Crippen molar-refractivity contribution in [3.63, 3.8) is 0 Å². The summed E-state index contributed by atoms with van der Waals surface area (Å²) < 4.78 is 20.4. The molecule has 10 heavy (non-hydrogen) atoms. The Morgan fingerprint density at radius 2 is 2.10 bits per heavy atom. The van der Waals surface area contributed by atoms with E-state index in [2.05, 4.69) is 0 Å². The molecule has 1 aliphatic rings. The van der Waals surface area contributed by atoms with Crippen LogP contribution in [0.3, 0.4) is 0 Å². The molecule has 60 valence electrons. The predicted molar refractivity (Wildman–Crippen MR) is 44.9 cm³/mol. The summed E-state index contributed by atoms with van der Waals surface area (Å²) in [6.07, 6.45) is 0.323. The van der Waals surface area contributed by atoms with Gasteiger partial charge in [-0.15, -0.1) is 0 Å². The maximum Gasteiger partial charge on any atom is 0.462 e. The average molecular weight is 196 g/mol. The standard InChI is InChI=1S/C3H12O4Si3/c8-6-10(7-9)5-2-3-1-4-3/h3,10H,1-2H2,8-9H3. The van der Waals surface area contributed by atoms with Crippen LogP contribution in [0.4, 0.5) is 0 Å². The van der Waals surface area contributed by atoms with Crippen molar-refractivity contribution in [2.45, 2.75) is 6.10 Å². The highest BCUT2D eigenvalue weighted by atomic mass is 28.4. The lowest BCUT2D eigenvalue weighted by Gasteiger charge is -2.10. The molecule has 1 saturated heterocycles. The first-order chi connectivity index (χ1) is 4.86. The number of epoxide rings is 1. The van der Waals surface area contributed by atoms with Crippen LogP contribution in [-0.4, -0.2) is 49.8 Å². The molecular weight excluding hydrogens is 184 g/mol. The molecule has 7 heteroatoms. The Labute approximate surface area is 67.9 Å². The predicted octanol–water partition coefficient (Wildman–Crippen LogP) is -3.29. The maximum atomic E-state index is 5.30. The average Bonchev–Trinajstić information content (AvgIpc) is 2.74. The number of rotatable bonds is 5. The summed E-state index contributed by atoms with van der Waals surface area (Å²) in [7, 11) is -0.254. The van der Waals surface area contributed by atoms with E-state index in [-0.39, 0.29) is 0 Å². The molecule has 0 amide bonds. The van der Waals surface area contributed by atoms with Gasteiger partial charge in [0.25, 0.3) is 0 Å². The Morgan fingerprint density at radius 3 is 2.50 bits per heavy atom. The number of hydrogen-bond donors (Lipinski definition) is 0. The molecule has 0 aliphatic carbocycles. The van der Waals surface area contributed by atoms with Crippen LogP contribution in [0.15, 0.2) is 0 Å². The Morgan fingerprint density at radius 1 is 1.50 bits per heavy atom. The molecule has 4 nitrogen and oxygen atoms in total. The molecule has 1 fully saturated rings. The fraction of sp³-hybridized carbons (Fsp3) is 1.00.